The number of rotatable bonds is 5. The largest absolute Gasteiger partial charge is 0.597 e. The van der Waals surface area contributed by atoms with Gasteiger partial charge >= 0.3 is 20.7 Å². The minimum Gasteiger partial charge on any atom is -0.597 e. The Morgan fingerprint density at radius 2 is 1.93 bits per heavy atom. The van der Waals surface area contributed by atoms with Crippen LogP contribution in [0.5, 0.6) is 0 Å². The molecule has 1 fully saturated rings. The number of aliphatic hydroxyl groups is 2. The maximum absolute atomic E-state index is 11.4. The van der Waals surface area contributed by atoms with E-state index < -0.39 is 75.5 Å². The molecule has 0 radical (unpaired) electrons. The van der Waals surface area contributed by atoms with Gasteiger partial charge in [-0.05, 0) is 0 Å². The van der Waals surface area contributed by atoms with Crippen LogP contribution >= 0.6 is 0 Å². The van der Waals surface area contributed by atoms with Gasteiger partial charge in [-0.3, -0.25) is 9.11 Å². The second-order valence-electron chi connectivity index (χ2n) is 6.37. The second kappa shape index (κ2) is 6.76. The van der Waals surface area contributed by atoms with Crippen molar-refractivity contribution in [3.63, 3.8) is 0 Å². The molecule has 0 unspecified atom stereocenters. The number of guanidine groups is 2. The summed E-state index contributed by atoms with van der Waals surface area (Å²) in [5, 5.41) is 35.3. The van der Waals surface area contributed by atoms with Gasteiger partial charge in [0.2, 0.25) is 5.79 Å². The van der Waals surface area contributed by atoms with Crippen LogP contribution in [-0.4, -0.2) is 102 Å². The van der Waals surface area contributed by atoms with E-state index in [2.05, 4.69) is 28.6 Å². The third kappa shape index (κ3) is 3.68. The highest BCUT2D eigenvalue weighted by atomic mass is 32.3. The Kier molecular flexibility index (Phi) is 5.00. The molecule has 0 aromatic heterocycles. The van der Waals surface area contributed by atoms with Gasteiger partial charge in [0.25, 0.3) is 0 Å². The maximum atomic E-state index is 11.4. The molecule has 0 aromatic rings. The number of nitrogens with zero attached hydrogens (tertiary/aromatic N) is 4. The van der Waals surface area contributed by atoms with E-state index in [-0.39, 0.29) is 5.96 Å². The summed E-state index contributed by atoms with van der Waals surface area (Å²) in [6.45, 7) is -1.35. The summed E-state index contributed by atoms with van der Waals surface area (Å²) >= 11 is 0. The van der Waals surface area contributed by atoms with Gasteiger partial charge in [-0.15, -0.1) is 4.40 Å². The van der Waals surface area contributed by atoms with Crippen molar-refractivity contribution in [2.75, 3.05) is 13.2 Å². The molecule has 0 bridgehead atoms. The predicted octanol–water partition coefficient (Wildman–Crippen LogP) is -6.61. The molecule has 30 heavy (non-hydrogen) atoms. The van der Waals surface area contributed by atoms with E-state index in [1.807, 2.05) is 0 Å². The van der Waals surface area contributed by atoms with Crippen LogP contribution in [0.15, 0.2) is 14.4 Å². The lowest BCUT2D eigenvalue weighted by molar-refractivity contribution is -0.256. The van der Waals surface area contributed by atoms with Gasteiger partial charge in [-0.25, -0.2) is 14.2 Å². The Morgan fingerprint density at radius 1 is 1.30 bits per heavy atom. The molecule has 9 N–H and O–H groups in total. The molecule has 1 saturated heterocycles. The van der Waals surface area contributed by atoms with Crippen molar-refractivity contribution in [1.29, 1.82) is 0 Å². The lowest BCUT2D eigenvalue weighted by atomic mass is 9.86. The van der Waals surface area contributed by atoms with Crippen LogP contribution in [0.2, 0.25) is 0 Å². The van der Waals surface area contributed by atoms with Crippen LogP contribution in [0.1, 0.15) is 0 Å². The third-order valence-corrected chi connectivity index (χ3v) is 5.41. The van der Waals surface area contributed by atoms with Crippen molar-refractivity contribution < 1.29 is 50.2 Å². The van der Waals surface area contributed by atoms with E-state index in [1.165, 1.54) is 0 Å². The fraction of sp³-hybridized carbons (Fsp3) is 0.700. The molecule has 3 rings (SSSR count). The molecule has 1 spiro atoms. The van der Waals surface area contributed by atoms with Crippen molar-refractivity contribution in [1.82, 2.24) is 10.2 Å². The molecule has 0 aliphatic carbocycles. The first-order valence-corrected chi connectivity index (χ1v) is 10.5. The van der Waals surface area contributed by atoms with E-state index in [0.717, 1.165) is 4.90 Å². The summed E-state index contributed by atoms with van der Waals surface area (Å²) < 4.78 is 72.1. The average molecular weight is 474 g/mol. The van der Waals surface area contributed by atoms with Gasteiger partial charge in [-0.1, -0.05) is 0 Å². The summed E-state index contributed by atoms with van der Waals surface area (Å²) in [7, 11) is -10.2. The molecule has 18 nitrogen and oxygen atoms in total. The number of hydrogen-bond acceptors (Lipinski definition) is 15. The molecule has 170 valence electrons. The van der Waals surface area contributed by atoms with Gasteiger partial charge in [0, 0.05) is 6.61 Å². The topological polar surface area (TPSA) is 295 Å². The third-order valence-electron chi connectivity index (χ3n) is 4.55. The van der Waals surface area contributed by atoms with Crippen molar-refractivity contribution in [3.05, 3.63) is 0 Å². The highest BCUT2D eigenvalue weighted by Crippen LogP contribution is 2.45. The minimum atomic E-state index is -5.12. The van der Waals surface area contributed by atoms with Crippen molar-refractivity contribution in [3.8, 4) is 0 Å². The molecule has 0 saturated carbocycles. The number of aliphatic imine (C=N–C) groups is 2. The molecule has 0 aromatic carbocycles. The Hall–Kier alpha value is -2.49. The molecule has 3 aliphatic heterocycles. The van der Waals surface area contributed by atoms with E-state index in [1.54, 1.807) is 0 Å². The van der Waals surface area contributed by atoms with Gasteiger partial charge < -0.3 is 41.7 Å². The maximum Gasteiger partial charge on any atom is 0.397 e. The molecule has 3 heterocycles. The van der Waals surface area contributed by atoms with Crippen LogP contribution in [0.25, 0.3) is 0 Å². The van der Waals surface area contributed by atoms with E-state index in [9.17, 15) is 32.2 Å². The molecule has 20 heteroatoms. The van der Waals surface area contributed by atoms with E-state index in [4.69, 9.17) is 20.6 Å². The monoisotopic (exact) mass is 474 g/mol. The molecular formula is C10H16N7O11S2-. The zero-order chi connectivity index (χ0) is 22.7. The van der Waals surface area contributed by atoms with Gasteiger partial charge in [0.15, 0.2) is 29.8 Å². The molecule has 3 aliphatic rings. The van der Waals surface area contributed by atoms with Crippen molar-refractivity contribution >= 4 is 38.7 Å². The lowest BCUT2D eigenvalue weighted by Gasteiger charge is -2.49. The van der Waals surface area contributed by atoms with Crippen molar-refractivity contribution in [2.24, 2.45) is 25.8 Å². The normalized spacial score (nSPS) is 33.3. The van der Waals surface area contributed by atoms with Crippen molar-refractivity contribution in [2.45, 2.75) is 29.6 Å². The van der Waals surface area contributed by atoms with Crippen LogP contribution in [0.4, 0.5) is 0 Å². The zero-order valence-corrected chi connectivity index (χ0v) is 16.2. The Morgan fingerprint density at radius 3 is 2.50 bits per heavy atom. The fourth-order valence-corrected chi connectivity index (χ4v) is 4.29. The number of nitrogens with one attached hydrogen (secondary N) is 1. The Balaban J connectivity index is 1.96. The number of ether oxygens (including phenoxy) is 1. The molecule has 4 atom stereocenters. The first-order valence-electron chi connectivity index (χ1n) is 7.77. The van der Waals surface area contributed by atoms with E-state index >= 15 is 0 Å². The van der Waals surface area contributed by atoms with Gasteiger partial charge in [0.1, 0.15) is 6.04 Å². The summed E-state index contributed by atoms with van der Waals surface area (Å²) in [4.78, 5) is 8.88. The smallest absolute Gasteiger partial charge is 0.397 e. The Labute approximate surface area is 168 Å². The standard InChI is InChI=1S/C10H17N7O11S2/c11-6-14-5-3(2-27-8(18)16-29(21,22)23)13-7(12)17-1-4(28-30(24,25)26)10(19,20)9(5,17)15-6/h3-5,19-20H,1-2H2,(H2,12,13)(H,16,18)(H3,11,14,15)(H,21,22,23)(H,24,25,26)/p-1/t3-,4+,5-,9-/m0/s1. The van der Waals surface area contributed by atoms with Crippen LogP contribution < -0.4 is 21.9 Å². The van der Waals surface area contributed by atoms with Gasteiger partial charge in [0.05, 0.1) is 12.6 Å². The first-order chi connectivity index (χ1) is 13.6. The number of hydrogen-bond donors (Lipinski definition) is 7. The minimum absolute atomic E-state index is 0.353. The average Bonchev–Trinajstić information content (AvgIpc) is 2.99. The molecule has 0 amide bonds. The summed E-state index contributed by atoms with van der Waals surface area (Å²) in [5.41, 5.74) is 9.30. The second-order valence-corrected chi connectivity index (χ2v) is 8.50. The predicted molar refractivity (Wildman–Crippen MR) is 91.9 cm³/mol. The van der Waals surface area contributed by atoms with Crippen LogP contribution in [0, 0.1) is 0 Å². The zero-order valence-electron chi connectivity index (χ0n) is 14.6. The number of nitrogens with two attached hydrogens (primary N) is 2. The summed E-state index contributed by atoms with van der Waals surface area (Å²) in [6.07, 6.45) is -3.68. The lowest BCUT2D eigenvalue weighted by Crippen LogP contribution is -2.77. The summed E-state index contributed by atoms with van der Waals surface area (Å²) in [6, 6.07) is -2.67. The van der Waals surface area contributed by atoms with Crippen LogP contribution in [-0.2, 0) is 29.6 Å². The summed E-state index contributed by atoms with van der Waals surface area (Å²) in [5.74, 6) is -3.86. The van der Waals surface area contributed by atoms with E-state index in [0.29, 0.717) is 0 Å². The van der Waals surface area contributed by atoms with Crippen LogP contribution in [0.3, 0.4) is 0 Å². The fourth-order valence-electron chi connectivity index (χ4n) is 3.56. The quantitative estimate of drug-likeness (QED) is 0.0842. The highest BCUT2D eigenvalue weighted by molar-refractivity contribution is 7.84. The van der Waals surface area contributed by atoms with Gasteiger partial charge in [-0.2, -0.15) is 16.8 Å². The SMILES string of the molecule is NC1=N[C@H]2[C@H](COC([O-])=NS(=O)(=O)O)N=C(N)N3C[C@@H](OS(=O)(=O)O)C(O)(O)[C@]23N1. The highest BCUT2D eigenvalue weighted by Gasteiger charge is 2.74. The Bertz CT molecular complexity index is 1040. The molecular weight excluding hydrogens is 458 g/mol. The first kappa shape index (κ1) is 22.2.